The van der Waals surface area contributed by atoms with E-state index in [-0.39, 0.29) is 5.75 Å². The molecule has 1 fully saturated rings. The molecule has 0 amide bonds. The normalized spacial score (nSPS) is 18.7. The molecule has 1 rings (SSSR count). The van der Waals surface area contributed by atoms with Gasteiger partial charge in [-0.2, -0.15) is 0 Å². The lowest BCUT2D eigenvalue weighted by atomic mass is 10.1. The Labute approximate surface area is 111 Å². The predicted octanol–water partition coefficient (Wildman–Crippen LogP) is 2.57. The first-order valence-electron chi connectivity index (χ1n) is 7.20. The Bertz CT molecular complexity index is 295. The Hall–Kier alpha value is -0.130. The van der Waals surface area contributed by atoms with E-state index in [2.05, 4.69) is 0 Å². The molecular formula is C13H27NO3S. The fourth-order valence-electron chi connectivity index (χ4n) is 2.42. The maximum atomic E-state index is 10.7. The van der Waals surface area contributed by atoms with Crippen molar-refractivity contribution in [3.8, 4) is 0 Å². The third kappa shape index (κ3) is 8.89. The van der Waals surface area contributed by atoms with Crippen molar-refractivity contribution in [2.75, 3.05) is 12.4 Å². The summed E-state index contributed by atoms with van der Waals surface area (Å²) in [6.07, 6.45) is 11.9. The van der Waals surface area contributed by atoms with Crippen molar-refractivity contribution in [2.45, 2.75) is 70.3 Å². The highest BCUT2D eigenvalue weighted by atomic mass is 32.2. The number of hydrogen-bond acceptors (Lipinski definition) is 3. The van der Waals surface area contributed by atoms with Crippen LogP contribution in [0.3, 0.4) is 0 Å². The van der Waals surface area contributed by atoms with Crippen molar-refractivity contribution < 1.29 is 13.2 Å². The summed E-state index contributed by atoms with van der Waals surface area (Å²) in [7, 11) is -3.27. The molecule has 0 aliphatic heterocycles. The van der Waals surface area contributed by atoms with Gasteiger partial charge in [0, 0.05) is 6.61 Å². The monoisotopic (exact) mass is 277 g/mol. The summed E-state index contributed by atoms with van der Waals surface area (Å²) in [5.74, 6) is 0.108. The molecule has 0 unspecified atom stereocenters. The highest BCUT2D eigenvalue weighted by Crippen LogP contribution is 2.20. The van der Waals surface area contributed by atoms with Crippen LogP contribution in [0, 0.1) is 0 Å². The van der Waals surface area contributed by atoms with E-state index in [4.69, 9.17) is 9.88 Å². The van der Waals surface area contributed by atoms with E-state index >= 15 is 0 Å². The minimum Gasteiger partial charge on any atom is -0.378 e. The fourth-order valence-corrected chi connectivity index (χ4v) is 3.02. The van der Waals surface area contributed by atoms with Crippen molar-refractivity contribution >= 4 is 10.0 Å². The second-order valence-corrected chi connectivity index (χ2v) is 7.00. The Balaban J connectivity index is 1.91. The van der Waals surface area contributed by atoms with Crippen LogP contribution < -0.4 is 5.14 Å². The molecule has 0 spiro atoms. The third-order valence-electron chi connectivity index (χ3n) is 3.48. The van der Waals surface area contributed by atoms with Crippen LogP contribution in [0.5, 0.6) is 0 Å². The molecule has 1 aliphatic carbocycles. The predicted molar refractivity (Wildman–Crippen MR) is 73.9 cm³/mol. The summed E-state index contributed by atoms with van der Waals surface area (Å²) in [6.45, 7) is 0.819. The number of hydrogen-bond donors (Lipinski definition) is 1. The zero-order chi connectivity index (χ0) is 13.3. The first kappa shape index (κ1) is 15.9. The smallest absolute Gasteiger partial charge is 0.209 e. The molecule has 0 saturated heterocycles. The number of ether oxygens (including phenoxy) is 1. The lowest BCUT2D eigenvalue weighted by Gasteiger charge is -2.15. The standard InChI is InChI=1S/C13H27NO3S/c14-18(15,16)12-8-4-3-7-11-17-13-9-5-1-2-6-10-13/h13H,1-12H2,(H2,14,15,16). The molecule has 0 heterocycles. The van der Waals surface area contributed by atoms with E-state index in [9.17, 15) is 8.42 Å². The van der Waals surface area contributed by atoms with Crippen molar-refractivity contribution in [3.63, 3.8) is 0 Å². The van der Waals surface area contributed by atoms with Gasteiger partial charge in [-0.15, -0.1) is 0 Å². The van der Waals surface area contributed by atoms with E-state index in [0.29, 0.717) is 12.5 Å². The van der Waals surface area contributed by atoms with Gasteiger partial charge in [-0.3, -0.25) is 0 Å². The Kier molecular flexibility index (Phi) is 7.86. The maximum Gasteiger partial charge on any atom is 0.209 e. The van der Waals surface area contributed by atoms with E-state index in [1.54, 1.807) is 0 Å². The quantitative estimate of drug-likeness (QED) is 0.547. The van der Waals surface area contributed by atoms with Crippen molar-refractivity contribution in [2.24, 2.45) is 5.14 Å². The van der Waals surface area contributed by atoms with Crippen LogP contribution in [-0.2, 0) is 14.8 Å². The van der Waals surface area contributed by atoms with Gasteiger partial charge in [0.05, 0.1) is 11.9 Å². The van der Waals surface area contributed by atoms with Crippen LogP contribution in [-0.4, -0.2) is 26.9 Å². The zero-order valence-corrected chi connectivity index (χ0v) is 12.1. The first-order valence-corrected chi connectivity index (χ1v) is 8.91. The molecule has 2 N–H and O–H groups in total. The van der Waals surface area contributed by atoms with Crippen molar-refractivity contribution in [1.82, 2.24) is 0 Å². The van der Waals surface area contributed by atoms with Gasteiger partial charge < -0.3 is 4.74 Å². The van der Waals surface area contributed by atoms with Gasteiger partial charge >= 0.3 is 0 Å². The summed E-state index contributed by atoms with van der Waals surface area (Å²) in [4.78, 5) is 0. The molecular weight excluding hydrogens is 250 g/mol. The number of primary sulfonamides is 1. The van der Waals surface area contributed by atoms with Crippen LogP contribution in [0.15, 0.2) is 0 Å². The van der Waals surface area contributed by atoms with E-state index < -0.39 is 10.0 Å². The highest BCUT2D eigenvalue weighted by Gasteiger charge is 2.11. The van der Waals surface area contributed by atoms with Gasteiger partial charge in [0.15, 0.2) is 0 Å². The van der Waals surface area contributed by atoms with Crippen molar-refractivity contribution in [1.29, 1.82) is 0 Å². The minimum atomic E-state index is -3.27. The molecule has 0 aromatic rings. The summed E-state index contributed by atoms with van der Waals surface area (Å²) in [6, 6.07) is 0. The van der Waals surface area contributed by atoms with E-state index in [1.165, 1.54) is 38.5 Å². The van der Waals surface area contributed by atoms with Gasteiger partial charge in [0.1, 0.15) is 0 Å². The van der Waals surface area contributed by atoms with E-state index in [0.717, 1.165) is 25.9 Å². The van der Waals surface area contributed by atoms with Gasteiger partial charge in [-0.25, -0.2) is 13.6 Å². The number of sulfonamides is 1. The van der Waals surface area contributed by atoms with Crippen LogP contribution >= 0.6 is 0 Å². The first-order chi connectivity index (χ1) is 8.58. The molecule has 0 atom stereocenters. The fraction of sp³-hybridized carbons (Fsp3) is 1.00. The van der Waals surface area contributed by atoms with Crippen molar-refractivity contribution in [3.05, 3.63) is 0 Å². The van der Waals surface area contributed by atoms with Gasteiger partial charge in [-0.05, 0) is 25.7 Å². The number of rotatable bonds is 8. The topological polar surface area (TPSA) is 69.4 Å². The summed E-state index contributed by atoms with van der Waals surface area (Å²) < 4.78 is 27.3. The highest BCUT2D eigenvalue weighted by molar-refractivity contribution is 7.89. The van der Waals surface area contributed by atoms with Crippen LogP contribution in [0.1, 0.15) is 64.2 Å². The molecule has 1 saturated carbocycles. The largest absolute Gasteiger partial charge is 0.378 e. The van der Waals surface area contributed by atoms with Crippen LogP contribution in [0.4, 0.5) is 0 Å². The molecule has 0 bridgehead atoms. The molecule has 0 aromatic heterocycles. The maximum absolute atomic E-state index is 10.7. The number of nitrogens with two attached hydrogens (primary N) is 1. The minimum absolute atomic E-state index is 0.108. The molecule has 0 radical (unpaired) electrons. The SMILES string of the molecule is NS(=O)(=O)CCCCCCOC1CCCCCC1. The Morgan fingerprint density at radius 1 is 0.944 bits per heavy atom. The van der Waals surface area contributed by atoms with Gasteiger partial charge in [0.25, 0.3) is 0 Å². The Morgan fingerprint density at radius 2 is 1.56 bits per heavy atom. The van der Waals surface area contributed by atoms with Crippen LogP contribution in [0.2, 0.25) is 0 Å². The van der Waals surface area contributed by atoms with Gasteiger partial charge in [-0.1, -0.05) is 38.5 Å². The summed E-state index contributed by atoms with van der Waals surface area (Å²) in [5, 5.41) is 4.94. The average Bonchev–Trinajstić information content (AvgIpc) is 2.55. The lowest BCUT2D eigenvalue weighted by molar-refractivity contribution is 0.0408. The molecule has 18 heavy (non-hydrogen) atoms. The summed E-state index contributed by atoms with van der Waals surface area (Å²) >= 11 is 0. The van der Waals surface area contributed by atoms with Crippen LogP contribution in [0.25, 0.3) is 0 Å². The van der Waals surface area contributed by atoms with Gasteiger partial charge in [0.2, 0.25) is 10.0 Å². The second kappa shape index (κ2) is 8.88. The average molecular weight is 277 g/mol. The lowest BCUT2D eigenvalue weighted by Crippen LogP contribution is -2.16. The second-order valence-electron chi connectivity index (χ2n) is 5.27. The molecule has 5 heteroatoms. The molecule has 0 aromatic carbocycles. The molecule has 108 valence electrons. The summed E-state index contributed by atoms with van der Waals surface area (Å²) in [5.41, 5.74) is 0. The molecule has 4 nitrogen and oxygen atoms in total. The third-order valence-corrected chi connectivity index (χ3v) is 4.34. The number of unbranched alkanes of at least 4 members (excludes halogenated alkanes) is 3. The van der Waals surface area contributed by atoms with E-state index in [1.807, 2.05) is 0 Å². The molecule has 1 aliphatic rings. The Morgan fingerprint density at radius 3 is 2.17 bits per heavy atom. The zero-order valence-electron chi connectivity index (χ0n) is 11.3.